The number of aryl methyl sites for hydroxylation is 3. The number of hydrogen-bond acceptors (Lipinski definition) is 4. The first-order valence-corrected chi connectivity index (χ1v) is 10.1. The first-order valence-electron chi connectivity index (χ1n) is 10.1. The lowest BCUT2D eigenvalue weighted by Gasteiger charge is -2.12. The Kier molecular flexibility index (Phi) is 4.80. The minimum absolute atomic E-state index is 0.311. The third kappa shape index (κ3) is 2.94. The van der Waals surface area contributed by atoms with E-state index in [0.717, 1.165) is 23.4 Å². The molecule has 4 aromatic rings. The zero-order valence-corrected chi connectivity index (χ0v) is 18.3. The number of methoxy groups -OCH3 is 1. The van der Waals surface area contributed by atoms with Crippen LogP contribution in [0, 0.1) is 19.8 Å². The van der Waals surface area contributed by atoms with Crippen LogP contribution in [0.2, 0.25) is 0 Å². The Bertz CT molecular complexity index is 1380. The fraction of sp³-hybridized carbons (Fsp3) is 0.409. The van der Waals surface area contributed by atoms with Gasteiger partial charge in [0.25, 0.3) is 5.56 Å². The van der Waals surface area contributed by atoms with Gasteiger partial charge in [-0.2, -0.15) is 4.98 Å². The Morgan fingerprint density at radius 3 is 2.57 bits per heavy atom. The SMILES string of the molecule is COc1ccc(C)cc1-n1c(C)cn2c3c(=O)n(CCC(C)C)c(=O)n(C)c3nc12. The van der Waals surface area contributed by atoms with Crippen LogP contribution in [-0.2, 0) is 13.6 Å². The maximum atomic E-state index is 13.3. The van der Waals surface area contributed by atoms with Gasteiger partial charge in [-0.3, -0.25) is 22.9 Å². The number of nitrogens with zero attached hydrogens (tertiary/aromatic N) is 5. The largest absolute Gasteiger partial charge is 0.495 e. The summed E-state index contributed by atoms with van der Waals surface area (Å²) >= 11 is 0. The summed E-state index contributed by atoms with van der Waals surface area (Å²) in [5, 5.41) is 0. The predicted octanol–water partition coefficient (Wildman–Crippen LogP) is 2.81. The van der Waals surface area contributed by atoms with E-state index in [1.54, 1.807) is 18.6 Å². The number of benzene rings is 1. The topological polar surface area (TPSA) is 75.5 Å². The van der Waals surface area contributed by atoms with Crippen molar-refractivity contribution in [3.05, 3.63) is 56.5 Å². The van der Waals surface area contributed by atoms with E-state index in [1.165, 1.54) is 9.13 Å². The molecule has 0 aliphatic heterocycles. The second kappa shape index (κ2) is 7.19. The van der Waals surface area contributed by atoms with Crippen LogP contribution in [0.1, 0.15) is 31.5 Å². The fourth-order valence-corrected chi connectivity index (χ4v) is 3.87. The summed E-state index contributed by atoms with van der Waals surface area (Å²) in [6, 6.07) is 5.92. The van der Waals surface area contributed by atoms with Crippen molar-refractivity contribution < 1.29 is 4.74 Å². The van der Waals surface area contributed by atoms with Crippen LogP contribution in [0.3, 0.4) is 0 Å². The molecular weight excluding hydrogens is 382 g/mol. The van der Waals surface area contributed by atoms with Crippen molar-refractivity contribution in [1.82, 2.24) is 23.1 Å². The Hall–Kier alpha value is -3.29. The number of aromatic nitrogens is 5. The molecule has 0 fully saturated rings. The zero-order valence-electron chi connectivity index (χ0n) is 18.3. The number of rotatable bonds is 5. The van der Waals surface area contributed by atoms with Gasteiger partial charge < -0.3 is 4.74 Å². The van der Waals surface area contributed by atoms with Gasteiger partial charge in [0, 0.05) is 25.5 Å². The van der Waals surface area contributed by atoms with Gasteiger partial charge in [-0.05, 0) is 43.9 Å². The van der Waals surface area contributed by atoms with Crippen molar-refractivity contribution in [2.24, 2.45) is 13.0 Å². The van der Waals surface area contributed by atoms with Crippen LogP contribution in [0.5, 0.6) is 5.75 Å². The highest BCUT2D eigenvalue weighted by Crippen LogP contribution is 2.28. The summed E-state index contributed by atoms with van der Waals surface area (Å²) in [5.41, 5.74) is 2.96. The van der Waals surface area contributed by atoms with Crippen molar-refractivity contribution in [2.45, 2.75) is 40.7 Å². The molecule has 30 heavy (non-hydrogen) atoms. The first-order chi connectivity index (χ1) is 14.2. The molecule has 0 spiro atoms. The molecule has 0 amide bonds. The molecule has 0 N–H and O–H groups in total. The highest BCUT2D eigenvalue weighted by Gasteiger charge is 2.22. The van der Waals surface area contributed by atoms with E-state index in [1.807, 2.05) is 42.8 Å². The summed E-state index contributed by atoms with van der Waals surface area (Å²) in [6.07, 6.45) is 2.63. The van der Waals surface area contributed by atoms with E-state index in [9.17, 15) is 9.59 Å². The Balaban J connectivity index is 2.07. The smallest absolute Gasteiger partial charge is 0.332 e. The van der Waals surface area contributed by atoms with Crippen LogP contribution >= 0.6 is 0 Å². The molecule has 8 heteroatoms. The third-order valence-electron chi connectivity index (χ3n) is 5.53. The molecule has 0 saturated carbocycles. The quantitative estimate of drug-likeness (QED) is 0.508. The van der Waals surface area contributed by atoms with Gasteiger partial charge in [0.15, 0.2) is 11.2 Å². The molecule has 0 saturated heterocycles. The van der Waals surface area contributed by atoms with Crippen molar-refractivity contribution in [3.8, 4) is 11.4 Å². The second-order valence-electron chi connectivity index (χ2n) is 8.22. The maximum absolute atomic E-state index is 13.3. The van der Waals surface area contributed by atoms with Crippen LogP contribution < -0.4 is 16.0 Å². The van der Waals surface area contributed by atoms with Gasteiger partial charge in [0.2, 0.25) is 5.78 Å². The monoisotopic (exact) mass is 409 g/mol. The summed E-state index contributed by atoms with van der Waals surface area (Å²) in [6.45, 7) is 8.50. The third-order valence-corrected chi connectivity index (χ3v) is 5.53. The van der Waals surface area contributed by atoms with E-state index < -0.39 is 0 Å². The summed E-state index contributed by atoms with van der Waals surface area (Å²) in [4.78, 5) is 30.8. The summed E-state index contributed by atoms with van der Waals surface area (Å²) in [5.74, 6) is 1.66. The van der Waals surface area contributed by atoms with Crippen molar-refractivity contribution in [3.63, 3.8) is 0 Å². The Labute approximate surface area is 174 Å². The lowest BCUT2D eigenvalue weighted by molar-refractivity contribution is 0.413. The number of ether oxygens (including phenoxy) is 1. The minimum atomic E-state index is -0.342. The molecule has 8 nitrogen and oxygen atoms in total. The van der Waals surface area contributed by atoms with E-state index in [0.29, 0.717) is 35.2 Å². The fourth-order valence-electron chi connectivity index (χ4n) is 3.87. The summed E-state index contributed by atoms with van der Waals surface area (Å²) in [7, 11) is 3.29. The van der Waals surface area contributed by atoms with Gasteiger partial charge in [-0.25, -0.2) is 4.79 Å². The van der Waals surface area contributed by atoms with E-state index in [-0.39, 0.29) is 11.2 Å². The average molecular weight is 409 g/mol. The normalized spacial score (nSPS) is 11.8. The number of hydrogen-bond donors (Lipinski definition) is 0. The zero-order chi connectivity index (χ0) is 21.7. The second-order valence-corrected chi connectivity index (χ2v) is 8.22. The Morgan fingerprint density at radius 1 is 1.17 bits per heavy atom. The van der Waals surface area contributed by atoms with Crippen molar-refractivity contribution in [2.75, 3.05) is 7.11 Å². The lowest BCUT2D eigenvalue weighted by Crippen LogP contribution is -2.39. The van der Waals surface area contributed by atoms with Crippen LogP contribution in [0.25, 0.3) is 22.6 Å². The Morgan fingerprint density at radius 2 is 1.90 bits per heavy atom. The number of imidazole rings is 2. The molecule has 0 aliphatic carbocycles. The molecule has 0 unspecified atom stereocenters. The highest BCUT2D eigenvalue weighted by molar-refractivity contribution is 5.76. The van der Waals surface area contributed by atoms with E-state index in [2.05, 4.69) is 13.8 Å². The molecule has 4 rings (SSSR count). The molecule has 158 valence electrons. The van der Waals surface area contributed by atoms with Crippen molar-refractivity contribution in [1.29, 1.82) is 0 Å². The summed E-state index contributed by atoms with van der Waals surface area (Å²) < 4.78 is 12.1. The molecule has 0 aliphatic rings. The molecule has 0 atom stereocenters. The van der Waals surface area contributed by atoms with E-state index in [4.69, 9.17) is 9.72 Å². The lowest BCUT2D eigenvalue weighted by atomic mass is 10.1. The predicted molar refractivity (Wildman–Crippen MR) is 117 cm³/mol. The maximum Gasteiger partial charge on any atom is 0.332 e. The van der Waals surface area contributed by atoms with Gasteiger partial charge in [0.1, 0.15) is 5.75 Å². The first kappa shape index (κ1) is 20.0. The van der Waals surface area contributed by atoms with Crippen LogP contribution in [0.15, 0.2) is 34.0 Å². The van der Waals surface area contributed by atoms with Crippen LogP contribution in [-0.4, -0.2) is 30.2 Å². The molecule has 3 aromatic heterocycles. The standard InChI is InChI=1S/C22H27N5O3/c1-13(2)9-10-25-20(28)18-19(24(5)22(25)29)23-21-26(18)12-15(4)27(21)16-11-14(3)7-8-17(16)30-6/h7-8,11-13H,9-10H2,1-6H3. The minimum Gasteiger partial charge on any atom is -0.495 e. The molecule has 0 radical (unpaired) electrons. The molecule has 3 heterocycles. The van der Waals surface area contributed by atoms with Gasteiger partial charge in [-0.1, -0.05) is 19.9 Å². The van der Waals surface area contributed by atoms with Gasteiger partial charge >= 0.3 is 5.69 Å². The average Bonchev–Trinajstić information content (AvgIpc) is 3.20. The van der Waals surface area contributed by atoms with Gasteiger partial charge in [0.05, 0.1) is 12.8 Å². The molecule has 1 aromatic carbocycles. The van der Waals surface area contributed by atoms with E-state index >= 15 is 0 Å². The van der Waals surface area contributed by atoms with Crippen molar-refractivity contribution >= 4 is 16.9 Å². The van der Waals surface area contributed by atoms with Crippen LogP contribution in [0.4, 0.5) is 0 Å². The molecule has 0 bridgehead atoms. The van der Waals surface area contributed by atoms with Gasteiger partial charge in [-0.15, -0.1) is 0 Å². The molecular formula is C22H27N5O3. The highest BCUT2D eigenvalue weighted by atomic mass is 16.5. The number of fused-ring (bicyclic) bond motifs is 3.